The average molecular weight is 259 g/mol. The van der Waals surface area contributed by atoms with Crippen molar-refractivity contribution in [3.8, 4) is 11.5 Å². The Hall–Kier alpha value is -1.95. The van der Waals surface area contributed by atoms with Crippen molar-refractivity contribution < 1.29 is 0 Å². The lowest BCUT2D eigenvalue weighted by atomic mass is 10.2. The first-order valence-corrected chi connectivity index (χ1v) is 6.55. The van der Waals surface area contributed by atoms with Crippen LogP contribution in [0.1, 0.15) is 19.9 Å². The maximum absolute atomic E-state index is 5.85. The molecule has 0 aliphatic carbocycles. The molecule has 0 fully saturated rings. The molecule has 0 bridgehead atoms. The molecule has 0 unspecified atom stereocenters. The van der Waals surface area contributed by atoms with Crippen molar-refractivity contribution in [2.24, 2.45) is 0 Å². The smallest absolute Gasteiger partial charge is 0.162 e. The zero-order valence-corrected chi connectivity index (χ0v) is 11.0. The number of nitrogens with zero attached hydrogens (tertiary/aromatic N) is 4. The summed E-state index contributed by atoms with van der Waals surface area (Å²) in [5.41, 5.74) is 9.37. The van der Waals surface area contributed by atoms with Crippen LogP contribution in [0.3, 0.4) is 0 Å². The van der Waals surface area contributed by atoms with Crippen molar-refractivity contribution in [2.75, 3.05) is 5.73 Å². The van der Waals surface area contributed by atoms with Crippen molar-refractivity contribution >= 4 is 28.3 Å². The quantitative estimate of drug-likeness (QED) is 0.718. The standard InChI is InChI=1S/C12H13N5S/c1-7(2)17-11-5-8(13)3-4-9(11)14-12(17)10-6-18-16-15-10/h3-7H,13H2,1-2H3. The van der Waals surface area contributed by atoms with Crippen molar-refractivity contribution in [1.82, 2.24) is 19.1 Å². The number of nitrogens with two attached hydrogens (primary N) is 1. The highest BCUT2D eigenvalue weighted by Crippen LogP contribution is 2.28. The molecule has 0 amide bonds. The molecule has 92 valence electrons. The van der Waals surface area contributed by atoms with Crippen LogP contribution in [0.25, 0.3) is 22.6 Å². The Morgan fingerprint density at radius 1 is 1.33 bits per heavy atom. The lowest BCUT2D eigenvalue weighted by Gasteiger charge is -2.11. The SMILES string of the molecule is CC(C)n1c(-c2csnn2)nc2ccc(N)cc21. The third kappa shape index (κ3) is 1.65. The summed E-state index contributed by atoms with van der Waals surface area (Å²) >= 11 is 1.33. The molecule has 3 rings (SSSR count). The lowest BCUT2D eigenvalue weighted by molar-refractivity contribution is 0.623. The summed E-state index contributed by atoms with van der Waals surface area (Å²) in [5, 5.41) is 6.01. The molecule has 0 aliphatic heterocycles. The monoisotopic (exact) mass is 259 g/mol. The first-order valence-electron chi connectivity index (χ1n) is 5.71. The molecule has 3 aromatic rings. The number of hydrogen-bond acceptors (Lipinski definition) is 5. The van der Waals surface area contributed by atoms with Gasteiger partial charge in [-0.3, -0.25) is 0 Å². The van der Waals surface area contributed by atoms with Crippen LogP contribution in [0, 0.1) is 0 Å². The van der Waals surface area contributed by atoms with Gasteiger partial charge in [0.15, 0.2) is 5.82 Å². The van der Waals surface area contributed by atoms with Gasteiger partial charge in [0.1, 0.15) is 5.69 Å². The van der Waals surface area contributed by atoms with E-state index in [0.29, 0.717) is 0 Å². The van der Waals surface area contributed by atoms with Gasteiger partial charge in [-0.15, -0.1) is 5.10 Å². The van der Waals surface area contributed by atoms with Crippen molar-refractivity contribution in [2.45, 2.75) is 19.9 Å². The molecule has 1 aromatic carbocycles. The minimum atomic E-state index is 0.286. The van der Waals surface area contributed by atoms with Gasteiger partial charge in [-0.05, 0) is 43.6 Å². The van der Waals surface area contributed by atoms with Crippen molar-refractivity contribution in [3.63, 3.8) is 0 Å². The van der Waals surface area contributed by atoms with Gasteiger partial charge >= 0.3 is 0 Å². The van der Waals surface area contributed by atoms with Gasteiger partial charge in [-0.2, -0.15) is 0 Å². The number of imidazole rings is 1. The van der Waals surface area contributed by atoms with Gasteiger partial charge in [0.05, 0.1) is 11.0 Å². The number of nitrogen functional groups attached to an aromatic ring is 1. The number of fused-ring (bicyclic) bond motifs is 1. The van der Waals surface area contributed by atoms with Crippen LogP contribution < -0.4 is 5.73 Å². The largest absolute Gasteiger partial charge is 0.399 e. The van der Waals surface area contributed by atoms with Gasteiger partial charge in [0, 0.05) is 17.1 Å². The molecule has 18 heavy (non-hydrogen) atoms. The highest BCUT2D eigenvalue weighted by atomic mass is 32.1. The van der Waals surface area contributed by atoms with Gasteiger partial charge in [0.2, 0.25) is 0 Å². The third-order valence-electron chi connectivity index (χ3n) is 2.82. The third-order valence-corrected chi connectivity index (χ3v) is 3.32. The molecule has 0 radical (unpaired) electrons. The zero-order valence-electron chi connectivity index (χ0n) is 10.2. The molecule has 2 N–H and O–H groups in total. The van der Waals surface area contributed by atoms with Crippen LogP contribution >= 0.6 is 11.5 Å². The van der Waals surface area contributed by atoms with E-state index in [1.165, 1.54) is 11.5 Å². The van der Waals surface area contributed by atoms with Crippen molar-refractivity contribution in [1.29, 1.82) is 0 Å². The molecular weight excluding hydrogens is 246 g/mol. The maximum atomic E-state index is 5.85. The van der Waals surface area contributed by atoms with Gasteiger partial charge in [0.25, 0.3) is 0 Å². The molecule has 0 spiro atoms. The van der Waals surface area contributed by atoms with E-state index in [-0.39, 0.29) is 6.04 Å². The predicted molar refractivity (Wildman–Crippen MR) is 73.4 cm³/mol. The predicted octanol–water partition coefficient (Wildman–Crippen LogP) is 2.72. The Kier molecular flexibility index (Phi) is 2.52. The molecular formula is C12H13N5S. The minimum Gasteiger partial charge on any atom is -0.399 e. The summed E-state index contributed by atoms with van der Waals surface area (Å²) in [6.45, 7) is 4.24. The summed E-state index contributed by atoms with van der Waals surface area (Å²) in [4.78, 5) is 4.63. The maximum Gasteiger partial charge on any atom is 0.162 e. The van der Waals surface area contributed by atoms with E-state index in [2.05, 4.69) is 33.0 Å². The van der Waals surface area contributed by atoms with E-state index < -0.39 is 0 Å². The van der Waals surface area contributed by atoms with Gasteiger partial charge in [-0.1, -0.05) is 4.49 Å². The van der Waals surface area contributed by atoms with E-state index >= 15 is 0 Å². The van der Waals surface area contributed by atoms with Gasteiger partial charge in [-0.25, -0.2) is 4.98 Å². The Labute approximate surface area is 108 Å². The normalized spacial score (nSPS) is 11.5. The summed E-state index contributed by atoms with van der Waals surface area (Å²) in [5.74, 6) is 0.847. The van der Waals surface area contributed by atoms with E-state index in [1.54, 1.807) is 0 Å². The highest BCUT2D eigenvalue weighted by Gasteiger charge is 2.16. The van der Waals surface area contributed by atoms with E-state index in [1.807, 2.05) is 23.6 Å². The molecule has 6 heteroatoms. The zero-order chi connectivity index (χ0) is 12.7. The fraction of sp³-hybridized carbons (Fsp3) is 0.250. The molecule has 0 saturated carbocycles. The van der Waals surface area contributed by atoms with Crippen LogP contribution in [-0.4, -0.2) is 19.1 Å². The summed E-state index contributed by atoms with van der Waals surface area (Å²) < 4.78 is 6.04. The number of anilines is 1. The number of aromatic nitrogens is 4. The second kappa shape index (κ2) is 4.06. The van der Waals surface area contributed by atoms with E-state index in [0.717, 1.165) is 28.2 Å². The summed E-state index contributed by atoms with van der Waals surface area (Å²) in [6.07, 6.45) is 0. The van der Waals surface area contributed by atoms with E-state index in [9.17, 15) is 0 Å². The Morgan fingerprint density at radius 2 is 2.17 bits per heavy atom. The lowest BCUT2D eigenvalue weighted by Crippen LogP contribution is -2.03. The fourth-order valence-corrected chi connectivity index (χ4v) is 2.51. The highest BCUT2D eigenvalue weighted by molar-refractivity contribution is 7.03. The van der Waals surface area contributed by atoms with Crippen LogP contribution in [0.5, 0.6) is 0 Å². The second-order valence-electron chi connectivity index (χ2n) is 4.44. The van der Waals surface area contributed by atoms with Gasteiger partial charge < -0.3 is 10.3 Å². The minimum absolute atomic E-state index is 0.286. The van der Waals surface area contributed by atoms with Crippen LogP contribution in [0.4, 0.5) is 5.69 Å². The number of hydrogen-bond donors (Lipinski definition) is 1. The van der Waals surface area contributed by atoms with Crippen LogP contribution in [-0.2, 0) is 0 Å². The number of rotatable bonds is 2. The second-order valence-corrected chi connectivity index (χ2v) is 5.05. The molecule has 2 heterocycles. The summed E-state index contributed by atoms with van der Waals surface area (Å²) in [6, 6.07) is 6.04. The Morgan fingerprint density at radius 3 is 2.83 bits per heavy atom. The average Bonchev–Trinajstić information content (AvgIpc) is 2.94. The Bertz CT molecular complexity index is 684. The first-order chi connectivity index (χ1) is 8.66. The molecule has 0 saturated heterocycles. The topological polar surface area (TPSA) is 69.6 Å². The van der Waals surface area contributed by atoms with Crippen LogP contribution in [0.15, 0.2) is 23.6 Å². The Balaban J connectivity index is 2.35. The molecule has 2 aromatic heterocycles. The van der Waals surface area contributed by atoms with Crippen LogP contribution in [0.2, 0.25) is 0 Å². The van der Waals surface area contributed by atoms with Crippen molar-refractivity contribution in [3.05, 3.63) is 23.6 Å². The van der Waals surface area contributed by atoms with E-state index in [4.69, 9.17) is 5.73 Å². The first kappa shape index (κ1) is 11.2. The molecule has 0 atom stereocenters. The molecule has 0 aliphatic rings. The molecule has 5 nitrogen and oxygen atoms in total. The fourth-order valence-electron chi connectivity index (χ4n) is 2.08. The number of benzene rings is 1. The summed E-state index contributed by atoms with van der Waals surface area (Å²) in [7, 11) is 0.